The summed E-state index contributed by atoms with van der Waals surface area (Å²) in [6.45, 7) is 5.52. The minimum absolute atomic E-state index is 0.0242. The second kappa shape index (κ2) is 8.85. The summed E-state index contributed by atoms with van der Waals surface area (Å²) in [6, 6.07) is 5.88. The average Bonchev–Trinajstić information content (AvgIpc) is 3.61. The average molecular weight is 601 g/mol. The molecular weight excluding hydrogens is 568 g/mol. The van der Waals surface area contributed by atoms with E-state index in [2.05, 4.69) is 10.3 Å². The smallest absolute Gasteiger partial charge is 0.198 e. The number of hydrogen-bond donors (Lipinski definition) is 4. The van der Waals surface area contributed by atoms with Crippen LogP contribution in [0.3, 0.4) is 0 Å². The van der Waals surface area contributed by atoms with Crippen molar-refractivity contribution in [3.63, 3.8) is 0 Å². The number of hydrogen-bond acceptors (Lipinski definition) is 11. The zero-order chi connectivity index (χ0) is 30.9. The van der Waals surface area contributed by atoms with Gasteiger partial charge in [-0.15, -0.1) is 0 Å². The van der Waals surface area contributed by atoms with E-state index in [1.165, 1.54) is 25.1 Å². The number of benzene rings is 2. The summed E-state index contributed by atoms with van der Waals surface area (Å²) in [7, 11) is 0. The molecule has 228 valence electrons. The number of ether oxygens (including phenoxy) is 3. The van der Waals surface area contributed by atoms with Gasteiger partial charge in [0.05, 0.1) is 22.8 Å². The molecule has 7 atom stereocenters. The lowest BCUT2D eigenvalue weighted by molar-refractivity contribution is -0.280. The summed E-state index contributed by atoms with van der Waals surface area (Å²) in [5.41, 5.74) is -2.01. The van der Waals surface area contributed by atoms with Crippen molar-refractivity contribution in [2.24, 2.45) is 4.99 Å². The van der Waals surface area contributed by atoms with Crippen molar-refractivity contribution in [2.75, 3.05) is 6.54 Å². The number of phenolic OH excluding ortho intramolecular Hbond substituents is 2. The number of nitrogens with one attached hydrogen (secondary N) is 1. The third-order valence-electron chi connectivity index (χ3n) is 10.4. The fraction of sp³-hybridized carbons (Fsp3) is 0.455. The number of amidine groups is 1. The number of ketones is 3. The van der Waals surface area contributed by atoms with Crippen molar-refractivity contribution in [3.05, 3.63) is 69.3 Å². The van der Waals surface area contributed by atoms with Gasteiger partial charge in [-0.2, -0.15) is 0 Å². The van der Waals surface area contributed by atoms with Gasteiger partial charge in [-0.1, -0.05) is 12.1 Å². The van der Waals surface area contributed by atoms with Crippen molar-refractivity contribution in [1.29, 1.82) is 0 Å². The molecule has 2 aromatic rings. The Hall–Kier alpha value is -3.90. The van der Waals surface area contributed by atoms with Crippen LogP contribution in [0.15, 0.2) is 40.9 Å². The van der Waals surface area contributed by atoms with Gasteiger partial charge in [0.15, 0.2) is 29.4 Å². The van der Waals surface area contributed by atoms with Gasteiger partial charge in [0, 0.05) is 35.6 Å². The highest BCUT2D eigenvalue weighted by Gasteiger charge is 2.65. The normalized spacial score (nSPS) is 36.3. The van der Waals surface area contributed by atoms with Crippen LogP contribution in [-0.2, 0) is 19.0 Å². The molecule has 0 radical (unpaired) electrons. The lowest BCUT2D eigenvalue weighted by Crippen LogP contribution is -2.54. The largest absolute Gasteiger partial charge is 0.507 e. The molecule has 2 aromatic carbocycles. The Bertz CT molecular complexity index is 1780. The van der Waals surface area contributed by atoms with Crippen molar-refractivity contribution in [2.45, 2.75) is 87.8 Å². The molecule has 4 heterocycles. The molecule has 2 aliphatic carbocycles. The number of rotatable bonds is 3. The van der Waals surface area contributed by atoms with Gasteiger partial charge in [-0.25, -0.2) is 0 Å². The first-order valence-electron chi connectivity index (χ1n) is 15.0. The maximum absolute atomic E-state index is 13.8. The van der Waals surface area contributed by atoms with Gasteiger partial charge in [0.25, 0.3) is 0 Å². The van der Waals surface area contributed by atoms with E-state index in [0.717, 1.165) is 17.8 Å². The minimum Gasteiger partial charge on any atom is -0.507 e. The van der Waals surface area contributed by atoms with Crippen molar-refractivity contribution in [1.82, 2.24) is 5.32 Å². The van der Waals surface area contributed by atoms with E-state index in [1.54, 1.807) is 13.0 Å². The van der Waals surface area contributed by atoms with E-state index < -0.39 is 52.9 Å². The molecule has 2 fully saturated rings. The Morgan fingerprint density at radius 3 is 2.66 bits per heavy atom. The van der Waals surface area contributed by atoms with Crippen LogP contribution in [0.5, 0.6) is 11.5 Å². The third kappa shape index (κ3) is 3.46. The van der Waals surface area contributed by atoms with Gasteiger partial charge < -0.3 is 34.8 Å². The Morgan fingerprint density at radius 1 is 1.16 bits per heavy atom. The summed E-state index contributed by atoms with van der Waals surface area (Å²) >= 11 is 0. The Balaban J connectivity index is 1.28. The monoisotopic (exact) mass is 600 g/mol. The van der Waals surface area contributed by atoms with E-state index in [9.17, 15) is 29.7 Å². The van der Waals surface area contributed by atoms with Gasteiger partial charge in [-0.3, -0.25) is 19.4 Å². The molecule has 1 spiro atoms. The number of Topliss-reactive ketones (excluding diaryl/α,β-unsaturated/α-hetero) is 1. The maximum atomic E-state index is 13.8. The predicted molar refractivity (Wildman–Crippen MR) is 154 cm³/mol. The number of aliphatic hydroxyl groups is 1. The van der Waals surface area contributed by atoms with Crippen molar-refractivity contribution >= 4 is 23.2 Å². The molecule has 11 heteroatoms. The van der Waals surface area contributed by atoms with E-state index >= 15 is 0 Å². The maximum Gasteiger partial charge on any atom is 0.198 e. The number of nitrogens with zero attached hydrogens (tertiary/aromatic N) is 1. The molecule has 2 saturated heterocycles. The van der Waals surface area contributed by atoms with Gasteiger partial charge >= 0.3 is 0 Å². The summed E-state index contributed by atoms with van der Waals surface area (Å²) in [6.07, 6.45) is 0.950. The first-order chi connectivity index (χ1) is 20.9. The topological polar surface area (TPSA) is 164 Å². The molecule has 4 N–H and O–H groups in total. The Labute approximate surface area is 252 Å². The second-order valence-electron chi connectivity index (χ2n) is 13.0. The van der Waals surface area contributed by atoms with E-state index in [-0.39, 0.29) is 52.4 Å². The molecule has 8 rings (SSSR count). The summed E-state index contributed by atoms with van der Waals surface area (Å²) in [5.74, 6) is -1.89. The number of fused-ring (bicyclic) bond motifs is 8. The van der Waals surface area contributed by atoms with Crippen LogP contribution in [-0.4, -0.2) is 74.4 Å². The molecule has 4 aliphatic heterocycles. The number of phenols is 2. The third-order valence-corrected chi connectivity index (χ3v) is 10.4. The molecule has 6 aliphatic rings. The highest BCUT2D eigenvalue weighted by atomic mass is 16.7. The van der Waals surface area contributed by atoms with Gasteiger partial charge in [0.1, 0.15) is 29.0 Å². The quantitative estimate of drug-likeness (QED) is 0.351. The Kier molecular flexibility index (Phi) is 5.56. The molecule has 44 heavy (non-hydrogen) atoms. The highest BCUT2D eigenvalue weighted by molar-refractivity contribution is 6.30. The first kappa shape index (κ1) is 27.6. The lowest BCUT2D eigenvalue weighted by atomic mass is 9.69. The van der Waals surface area contributed by atoms with Crippen LogP contribution in [0.1, 0.15) is 101 Å². The zero-order valence-corrected chi connectivity index (χ0v) is 24.5. The molecule has 0 amide bonds. The summed E-state index contributed by atoms with van der Waals surface area (Å²) < 4.78 is 19.5. The van der Waals surface area contributed by atoms with Gasteiger partial charge in [-0.05, 0) is 69.4 Å². The van der Waals surface area contributed by atoms with E-state index in [0.29, 0.717) is 24.1 Å². The van der Waals surface area contributed by atoms with E-state index in [4.69, 9.17) is 14.2 Å². The minimum atomic E-state index is -1.63. The SMILES string of the molecule is CC(=O)[C@]1(O)CC[C@H](O[C@@H]2c3cc4c(c(O)c3[C@@H]3C[C@@]2(C)O[C@@]32C=C3CCN=C3N2)C(=O)c2cccc(O)c2C4=O)O[C@H]1C. The molecule has 2 bridgehead atoms. The van der Waals surface area contributed by atoms with Crippen LogP contribution in [0.25, 0.3) is 0 Å². The molecular formula is C33H32N2O9. The fourth-order valence-electron chi connectivity index (χ4n) is 8.17. The fourth-order valence-corrected chi connectivity index (χ4v) is 8.17. The first-order valence-corrected chi connectivity index (χ1v) is 15.0. The standard InChI is InChI=1S/C33H32N2O9/c1-14(36)32(41)9-7-22(42-15(32)2)43-29-19-11-18-25(26(38)17-5-4-6-21(37)24(17)27(18)39)28(40)23(19)20-13-31(29,3)44-33(20)12-16-8-10-34-30(16)35-33/h4-6,11-12,15,20,22,29,37,40-41H,7-10,13H2,1-3H3,(H,34,35)/t15-,20-,22-,29+,31+,32+,33-/m0/s1. The lowest BCUT2D eigenvalue weighted by Gasteiger charge is -2.44. The van der Waals surface area contributed by atoms with Crippen molar-refractivity contribution in [3.8, 4) is 11.5 Å². The van der Waals surface area contributed by atoms with E-state index in [1.807, 2.05) is 13.0 Å². The van der Waals surface area contributed by atoms with Crippen LogP contribution in [0.4, 0.5) is 0 Å². The number of aliphatic imine (C=N–C) groups is 1. The summed E-state index contributed by atoms with van der Waals surface area (Å²) in [4.78, 5) is 44.4. The predicted octanol–water partition coefficient (Wildman–Crippen LogP) is 3.08. The van der Waals surface area contributed by atoms with Crippen molar-refractivity contribution < 1.29 is 43.9 Å². The Morgan fingerprint density at radius 2 is 1.93 bits per heavy atom. The van der Waals surface area contributed by atoms with Crippen LogP contribution in [0.2, 0.25) is 0 Å². The number of carbonyl (C=O) groups excluding carboxylic acids is 3. The van der Waals surface area contributed by atoms with Crippen LogP contribution in [0, 0.1) is 0 Å². The van der Waals surface area contributed by atoms with Gasteiger partial charge in [0.2, 0.25) is 0 Å². The zero-order valence-electron chi connectivity index (χ0n) is 24.5. The molecule has 0 unspecified atom stereocenters. The molecule has 0 saturated carbocycles. The highest BCUT2D eigenvalue weighted by Crippen LogP contribution is 2.63. The number of carbonyl (C=O) groups is 3. The van der Waals surface area contributed by atoms with Crippen LogP contribution >= 0.6 is 0 Å². The second-order valence-corrected chi connectivity index (χ2v) is 13.0. The number of aromatic hydroxyl groups is 2. The van der Waals surface area contributed by atoms with Crippen LogP contribution < -0.4 is 5.32 Å². The summed E-state index contributed by atoms with van der Waals surface area (Å²) in [5, 5.41) is 36.9. The molecule has 0 aromatic heterocycles. The molecule has 11 nitrogen and oxygen atoms in total.